The lowest BCUT2D eigenvalue weighted by molar-refractivity contribution is -0.187. The third kappa shape index (κ3) is 3.40. The van der Waals surface area contributed by atoms with E-state index < -0.39 is 43.0 Å². The predicted octanol–water partition coefficient (Wildman–Crippen LogP) is 1.13. The Balaban J connectivity index is 1.97. The molecule has 0 amide bonds. The van der Waals surface area contributed by atoms with Crippen molar-refractivity contribution in [3.63, 3.8) is 0 Å². The van der Waals surface area contributed by atoms with Crippen LogP contribution in [0.2, 0.25) is 0 Å². The molecule has 0 bridgehead atoms. The van der Waals surface area contributed by atoms with Gasteiger partial charge in [-0.2, -0.15) is 0 Å². The van der Waals surface area contributed by atoms with Crippen molar-refractivity contribution < 1.29 is 37.7 Å². The summed E-state index contributed by atoms with van der Waals surface area (Å²) in [5.74, 6) is -5.39. The summed E-state index contributed by atoms with van der Waals surface area (Å²) in [6, 6.07) is 7.81. The van der Waals surface area contributed by atoms with Gasteiger partial charge < -0.3 is 19.3 Å². The van der Waals surface area contributed by atoms with Crippen LogP contribution in [0.25, 0.3) is 0 Å². The van der Waals surface area contributed by atoms with Crippen LogP contribution >= 0.6 is 0 Å². The number of benzene rings is 1. The smallest absolute Gasteiger partial charge is 0.338 e. The molecular weight excluding hydrogens is 302 g/mol. The molecule has 1 aliphatic heterocycles. The van der Waals surface area contributed by atoms with Crippen LogP contribution in [0.3, 0.4) is 0 Å². The molecule has 1 aliphatic rings. The SMILES string of the molecule is CC(=O)O[C@H]1O[C@H](COC(=O)c2ccccc2)C(F)(F)[C@@H]1O. The summed E-state index contributed by atoms with van der Waals surface area (Å²) in [6.07, 6.45) is -6.02. The molecule has 0 saturated carbocycles. The van der Waals surface area contributed by atoms with Crippen LogP contribution in [-0.2, 0) is 19.0 Å². The number of esters is 2. The molecule has 1 fully saturated rings. The van der Waals surface area contributed by atoms with E-state index in [4.69, 9.17) is 9.47 Å². The lowest BCUT2D eigenvalue weighted by Crippen LogP contribution is -2.42. The highest BCUT2D eigenvalue weighted by atomic mass is 19.3. The molecule has 1 saturated heterocycles. The summed E-state index contributed by atoms with van der Waals surface area (Å²) in [5, 5.41) is 9.43. The Morgan fingerprint density at radius 1 is 1.32 bits per heavy atom. The minimum atomic E-state index is -3.71. The summed E-state index contributed by atoms with van der Waals surface area (Å²) in [7, 11) is 0. The Labute approximate surface area is 124 Å². The average molecular weight is 316 g/mol. The van der Waals surface area contributed by atoms with Crippen molar-refractivity contribution in [2.24, 2.45) is 0 Å². The number of alkyl halides is 2. The van der Waals surface area contributed by atoms with Gasteiger partial charge in [-0.25, -0.2) is 13.6 Å². The molecule has 1 heterocycles. The van der Waals surface area contributed by atoms with Gasteiger partial charge in [0.15, 0.2) is 12.2 Å². The van der Waals surface area contributed by atoms with Crippen molar-refractivity contribution in [3.05, 3.63) is 35.9 Å². The van der Waals surface area contributed by atoms with Crippen LogP contribution in [-0.4, -0.2) is 48.1 Å². The van der Waals surface area contributed by atoms with E-state index in [1.807, 2.05) is 0 Å². The van der Waals surface area contributed by atoms with E-state index in [0.29, 0.717) is 0 Å². The molecule has 0 unspecified atom stereocenters. The fourth-order valence-electron chi connectivity index (χ4n) is 1.91. The maximum Gasteiger partial charge on any atom is 0.338 e. The van der Waals surface area contributed by atoms with Crippen LogP contribution < -0.4 is 0 Å². The fraction of sp³-hybridized carbons (Fsp3) is 0.429. The molecule has 2 rings (SSSR count). The summed E-state index contributed by atoms with van der Waals surface area (Å²) in [5.41, 5.74) is 0.195. The van der Waals surface area contributed by atoms with Crippen LogP contribution in [0, 0.1) is 0 Å². The van der Waals surface area contributed by atoms with Gasteiger partial charge in [0.05, 0.1) is 5.56 Å². The third-order valence-electron chi connectivity index (χ3n) is 3.04. The van der Waals surface area contributed by atoms with Gasteiger partial charge in [0.25, 0.3) is 0 Å². The zero-order valence-corrected chi connectivity index (χ0v) is 11.6. The molecule has 1 aromatic carbocycles. The Hall–Kier alpha value is -2.06. The molecule has 0 aliphatic carbocycles. The largest absolute Gasteiger partial charge is 0.459 e. The van der Waals surface area contributed by atoms with Crippen molar-refractivity contribution >= 4 is 11.9 Å². The minimum Gasteiger partial charge on any atom is -0.459 e. The van der Waals surface area contributed by atoms with Crippen LogP contribution in [0.1, 0.15) is 17.3 Å². The van der Waals surface area contributed by atoms with E-state index in [1.54, 1.807) is 18.2 Å². The monoisotopic (exact) mass is 316 g/mol. The van der Waals surface area contributed by atoms with Crippen molar-refractivity contribution in [2.45, 2.75) is 31.3 Å². The van der Waals surface area contributed by atoms with Gasteiger partial charge in [-0.15, -0.1) is 0 Å². The summed E-state index contributed by atoms with van der Waals surface area (Å²) in [4.78, 5) is 22.5. The minimum absolute atomic E-state index is 0.195. The standard InChI is InChI=1S/C14H14F2O6/c1-8(17)21-13-11(18)14(15,16)10(22-13)7-20-12(19)9-5-3-2-4-6-9/h2-6,10-11,13,18H,7H2,1H3/t10-,11-,13+/m1/s1. The quantitative estimate of drug-likeness (QED) is 0.839. The van der Waals surface area contributed by atoms with Crippen molar-refractivity contribution in [3.8, 4) is 0 Å². The first-order valence-corrected chi connectivity index (χ1v) is 6.43. The lowest BCUT2D eigenvalue weighted by atomic mass is 10.1. The molecule has 0 radical (unpaired) electrons. The number of hydrogen-bond acceptors (Lipinski definition) is 6. The number of aliphatic hydroxyl groups excluding tert-OH is 1. The zero-order valence-electron chi connectivity index (χ0n) is 11.6. The number of halogens is 2. The van der Waals surface area contributed by atoms with Crippen molar-refractivity contribution in [2.75, 3.05) is 6.61 Å². The van der Waals surface area contributed by atoms with Crippen LogP contribution in [0.15, 0.2) is 30.3 Å². The second kappa shape index (κ2) is 6.37. The Kier molecular flexibility index (Phi) is 4.72. The first kappa shape index (κ1) is 16.3. The molecular formula is C14H14F2O6. The van der Waals surface area contributed by atoms with Gasteiger partial charge in [-0.3, -0.25) is 4.79 Å². The van der Waals surface area contributed by atoms with Gasteiger partial charge in [-0.1, -0.05) is 18.2 Å². The van der Waals surface area contributed by atoms with Gasteiger partial charge in [0.2, 0.25) is 6.29 Å². The number of aliphatic hydroxyl groups is 1. The normalized spacial score (nSPS) is 26.5. The molecule has 1 N–H and O–H groups in total. The maximum absolute atomic E-state index is 13.8. The van der Waals surface area contributed by atoms with E-state index in [9.17, 15) is 23.5 Å². The first-order valence-electron chi connectivity index (χ1n) is 6.43. The van der Waals surface area contributed by atoms with Crippen molar-refractivity contribution in [1.29, 1.82) is 0 Å². The lowest BCUT2D eigenvalue weighted by Gasteiger charge is -2.18. The summed E-state index contributed by atoms with van der Waals surface area (Å²) in [6.45, 7) is 0.215. The van der Waals surface area contributed by atoms with E-state index in [1.165, 1.54) is 12.1 Å². The molecule has 22 heavy (non-hydrogen) atoms. The number of carbonyl (C=O) groups excluding carboxylic acids is 2. The number of hydrogen-bond donors (Lipinski definition) is 1. The van der Waals surface area contributed by atoms with E-state index in [2.05, 4.69) is 4.74 Å². The molecule has 120 valence electrons. The maximum atomic E-state index is 13.8. The summed E-state index contributed by atoms with van der Waals surface area (Å²) >= 11 is 0. The second-order valence-electron chi connectivity index (χ2n) is 4.69. The Morgan fingerprint density at radius 2 is 1.95 bits per heavy atom. The van der Waals surface area contributed by atoms with Crippen molar-refractivity contribution in [1.82, 2.24) is 0 Å². The third-order valence-corrected chi connectivity index (χ3v) is 3.04. The highest BCUT2D eigenvalue weighted by molar-refractivity contribution is 5.89. The summed E-state index contributed by atoms with van der Waals surface area (Å²) < 4.78 is 41.6. The second-order valence-corrected chi connectivity index (χ2v) is 4.69. The predicted molar refractivity (Wildman–Crippen MR) is 68.1 cm³/mol. The average Bonchev–Trinajstić information content (AvgIpc) is 2.68. The van der Waals surface area contributed by atoms with E-state index in [0.717, 1.165) is 6.92 Å². The highest BCUT2D eigenvalue weighted by Gasteiger charge is 2.60. The van der Waals surface area contributed by atoms with Gasteiger partial charge in [0.1, 0.15) is 6.61 Å². The van der Waals surface area contributed by atoms with E-state index in [-0.39, 0.29) is 5.56 Å². The highest BCUT2D eigenvalue weighted by Crippen LogP contribution is 2.37. The number of ether oxygens (including phenoxy) is 3. The van der Waals surface area contributed by atoms with Gasteiger partial charge >= 0.3 is 17.9 Å². The van der Waals surface area contributed by atoms with Crippen LogP contribution in [0.4, 0.5) is 8.78 Å². The molecule has 0 spiro atoms. The van der Waals surface area contributed by atoms with E-state index >= 15 is 0 Å². The molecule has 6 nitrogen and oxygen atoms in total. The Morgan fingerprint density at radius 3 is 2.55 bits per heavy atom. The number of carbonyl (C=O) groups is 2. The van der Waals surface area contributed by atoms with Gasteiger partial charge in [0, 0.05) is 6.92 Å². The zero-order chi connectivity index (χ0) is 16.3. The molecule has 1 aromatic rings. The number of rotatable bonds is 4. The molecule has 0 aromatic heterocycles. The fourth-order valence-corrected chi connectivity index (χ4v) is 1.91. The molecule has 8 heteroatoms. The van der Waals surface area contributed by atoms with Gasteiger partial charge in [-0.05, 0) is 12.1 Å². The van der Waals surface area contributed by atoms with Crippen LogP contribution in [0.5, 0.6) is 0 Å². The topological polar surface area (TPSA) is 82.1 Å². The first-order chi connectivity index (χ1) is 10.3. The molecule has 3 atom stereocenters. The Bertz CT molecular complexity index is 548.